The van der Waals surface area contributed by atoms with Gasteiger partial charge in [0.05, 0.1) is 13.1 Å². The minimum absolute atomic E-state index is 0.0154. The van der Waals surface area contributed by atoms with Crippen molar-refractivity contribution in [3.8, 4) is 5.88 Å². The lowest BCUT2D eigenvalue weighted by atomic mass is 9.85. The quantitative estimate of drug-likeness (QED) is 0.568. The lowest BCUT2D eigenvalue weighted by Crippen LogP contribution is -2.56. The molecule has 0 radical (unpaired) electrons. The number of pyridine rings is 1. The summed E-state index contributed by atoms with van der Waals surface area (Å²) in [6.07, 6.45) is 2.88. The first kappa shape index (κ1) is 18.9. The Morgan fingerprint density at radius 1 is 1.48 bits per heavy atom. The maximum Gasteiger partial charge on any atom is 0.317 e. The highest BCUT2D eigenvalue weighted by molar-refractivity contribution is 5.74. The van der Waals surface area contributed by atoms with Crippen LogP contribution in [0.3, 0.4) is 0 Å². The van der Waals surface area contributed by atoms with Gasteiger partial charge in [-0.05, 0) is 31.5 Å². The molecule has 0 saturated heterocycles. The molecule has 1 saturated carbocycles. The zero-order valence-electron chi connectivity index (χ0n) is 14.1. The molecule has 3 N–H and O–H groups in total. The van der Waals surface area contributed by atoms with Crippen LogP contribution in [0.5, 0.6) is 5.88 Å². The first-order valence-electron chi connectivity index (χ1n) is 8.23. The average molecular weight is 354 g/mol. The fourth-order valence-corrected chi connectivity index (χ4v) is 2.70. The minimum atomic E-state index is -0.847. The Kier molecular flexibility index (Phi) is 6.93. The van der Waals surface area contributed by atoms with Crippen LogP contribution in [0.15, 0.2) is 18.3 Å². The highest BCUT2D eigenvalue weighted by Crippen LogP contribution is 2.25. The van der Waals surface area contributed by atoms with E-state index in [9.17, 15) is 14.0 Å². The van der Waals surface area contributed by atoms with Gasteiger partial charge in [-0.25, -0.2) is 14.2 Å². The van der Waals surface area contributed by atoms with Gasteiger partial charge in [0.25, 0.3) is 0 Å². The molecule has 1 aliphatic carbocycles. The van der Waals surface area contributed by atoms with Crippen LogP contribution >= 0.6 is 0 Å². The summed E-state index contributed by atoms with van der Waals surface area (Å²) in [4.78, 5) is 28.2. The minimum Gasteiger partial charge on any atom is -0.480 e. The first-order chi connectivity index (χ1) is 12.0. The largest absolute Gasteiger partial charge is 0.480 e. The Morgan fingerprint density at radius 2 is 2.24 bits per heavy atom. The Balaban J connectivity index is 1.59. The summed E-state index contributed by atoms with van der Waals surface area (Å²) >= 11 is 0. The zero-order valence-corrected chi connectivity index (χ0v) is 14.1. The number of amides is 2. The predicted octanol–water partition coefficient (Wildman–Crippen LogP) is 0.836. The predicted molar refractivity (Wildman–Crippen MR) is 87.9 cm³/mol. The van der Waals surface area contributed by atoms with Gasteiger partial charge >= 0.3 is 12.0 Å². The molecule has 0 spiro atoms. The summed E-state index contributed by atoms with van der Waals surface area (Å²) in [5.41, 5.74) is 0. The molecular formula is C16H23FN4O4. The van der Waals surface area contributed by atoms with Crippen LogP contribution in [0.25, 0.3) is 0 Å². The molecular weight excluding hydrogens is 331 g/mol. The maximum atomic E-state index is 13.3. The van der Waals surface area contributed by atoms with Crippen LogP contribution in [0, 0.1) is 5.82 Å². The van der Waals surface area contributed by atoms with E-state index in [1.165, 1.54) is 18.3 Å². The second kappa shape index (κ2) is 9.16. The number of hydrogen-bond donors (Lipinski definition) is 3. The van der Waals surface area contributed by atoms with Crippen molar-refractivity contribution in [2.45, 2.75) is 31.8 Å². The van der Waals surface area contributed by atoms with Crippen molar-refractivity contribution in [1.82, 2.24) is 20.5 Å². The lowest BCUT2D eigenvalue weighted by Gasteiger charge is -2.42. The highest BCUT2D eigenvalue weighted by Gasteiger charge is 2.34. The lowest BCUT2D eigenvalue weighted by molar-refractivity contribution is -0.139. The summed E-state index contributed by atoms with van der Waals surface area (Å²) in [5.74, 6) is -1.49. The van der Waals surface area contributed by atoms with Crippen molar-refractivity contribution in [2.75, 3.05) is 26.2 Å². The molecule has 0 unspecified atom stereocenters. The first-order valence-corrected chi connectivity index (χ1v) is 8.23. The number of carboxylic acids is 1. The molecule has 1 aromatic heterocycles. The Labute approximate surface area is 145 Å². The fourth-order valence-electron chi connectivity index (χ4n) is 2.70. The zero-order chi connectivity index (χ0) is 18.2. The maximum absolute atomic E-state index is 13.3. The van der Waals surface area contributed by atoms with E-state index in [1.807, 2.05) is 11.8 Å². The number of carboxylic acid groups (broad SMARTS) is 1. The number of halogens is 1. The molecule has 0 atom stereocenters. The fraction of sp³-hybridized carbons (Fsp3) is 0.562. The molecule has 1 fully saturated rings. The molecule has 0 aromatic carbocycles. The second-order valence-electron chi connectivity index (χ2n) is 5.82. The third-order valence-electron chi connectivity index (χ3n) is 4.06. The van der Waals surface area contributed by atoms with Crippen LogP contribution in [0.4, 0.5) is 9.18 Å². The highest BCUT2D eigenvalue weighted by atomic mass is 19.1. The molecule has 8 nitrogen and oxygen atoms in total. The number of aliphatic carboxylic acids is 1. The summed E-state index contributed by atoms with van der Waals surface area (Å²) in [5, 5.41) is 14.3. The molecule has 1 heterocycles. The van der Waals surface area contributed by atoms with Gasteiger partial charge in [0.1, 0.15) is 6.61 Å². The van der Waals surface area contributed by atoms with Crippen molar-refractivity contribution in [3.63, 3.8) is 0 Å². The molecule has 0 bridgehead atoms. The SMILES string of the molecule is CCN(CC(=O)O)C1CC(NC(=O)NCCOc2ncccc2F)C1. The van der Waals surface area contributed by atoms with Gasteiger partial charge in [0.2, 0.25) is 5.88 Å². The van der Waals surface area contributed by atoms with E-state index in [4.69, 9.17) is 9.84 Å². The number of nitrogens with one attached hydrogen (secondary N) is 2. The number of ether oxygens (including phenoxy) is 1. The molecule has 2 rings (SSSR count). The molecule has 25 heavy (non-hydrogen) atoms. The number of rotatable bonds is 9. The number of carbonyl (C=O) groups is 2. The Bertz CT molecular complexity index is 595. The van der Waals surface area contributed by atoms with Crippen LogP contribution < -0.4 is 15.4 Å². The molecule has 2 amide bonds. The third-order valence-corrected chi connectivity index (χ3v) is 4.06. The summed E-state index contributed by atoms with van der Waals surface area (Å²) in [6, 6.07) is 2.61. The van der Waals surface area contributed by atoms with Crippen LogP contribution in [0.2, 0.25) is 0 Å². The van der Waals surface area contributed by atoms with Gasteiger partial charge in [-0.15, -0.1) is 0 Å². The van der Waals surface area contributed by atoms with Crippen molar-refractivity contribution >= 4 is 12.0 Å². The molecule has 1 aromatic rings. The van der Waals surface area contributed by atoms with E-state index in [0.717, 1.165) is 12.8 Å². The number of urea groups is 1. The van der Waals surface area contributed by atoms with Gasteiger partial charge in [0.15, 0.2) is 5.82 Å². The Morgan fingerprint density at radius 3 is 2.88 bits per heavy atom. The van der Waals surface area contributed by atoms with Crippen LogP contribution in [-0.4, -0.2) is 65.3 Å². The smallest absolute Gasteiger partial charge is 0.317 e. The third kappa shape index (κ3) is 5.86. The van der Waals surface area contributed by atoms with Crippen molar-refractivity contribution < 1.29 is 23.8 Å². The van der Waals surface area contributed by atoms with E-state index in [-0.39, 0.29) is 43.7 Å². The average Bonchev–Trinajstić information content (AvgIpc) is 2.54. The van der Waals surface area contributed by atoms with Crippen LogP contribution in [-0.2, 0) is 4.79 Å². The molecule has 1 aliphatic rings. The Hall–Kier alpha value is -2.42. The number of likely N-dealkylation sites (N-methyl/N-ethyl adjacent to an activating group) is 1. The van der Waals surface area contributed by atoms with E-state index >= 15 is 0 Å². The summed E-state index contributed by atoms with van der Waals surface area (Å²) in [6.45, 7) is 2.93. The number of carbonyl (C=O) groups excluding carboxylic acids is 1. The summed E-state index contributed by atoms with van der Waals surface area (Å²) < 4.78 is 18.4. The number of hydrogen-bond acceptors (Lipinski definition) is 5. The van der Waals surface area contributed by atoms with Crippen molar-refractivity contribution in [1.29, 1.82) is 0 Å². The van der Waals surface area contributed by atoms with E-state index in [1.54, 1.807) is 0 Å². The number of nitrogens with zero attached hydrogens (tertiary/aromatic N) is 2. The van der Waals surface area contributed by atoms with Gasteiger partial charge in [-0.2, -0.15) is 0 Å². The molecule has 9 heteroatoms. The van der Waals surface area contributed by atoms with Gasteiger partial charge in [-0.3, -0.25) is 9.69 Å². The van der Waals surface area contributed by atoms with E-state index in [0.29, 0.717) is 6.54 Å². The topological polar surface area (TPSA) is 104 Å². The van der Waals surface area contributed by atoms with Gasteiger partial charge < -0.3 is 20.5 Å². The van der Waals surface area contributed by atoms with Gasteiger partial charge in [0, 0.05) is 18.3 Å². The monoisotopic (exact) mass is 354 g/mol. The summed E-state index contributed by atoms with van der Waals surface area (Å²) in [7, 11) is 0. The molecule has 0 aliphatic heterocycles. The van der Waals surface area contributed by atoms with E-state index < -0.39 is 11.8 Å². The second-order valence-corrected chi connectivity index (χ2v) is 5.82. The van der Waals surface area contributed by atoms with Gasteiger partial charge in [-0.1, -0.05) is 6.92 Å². The van der Waals surface area contributed by atoms with E-state index in [2.05, 4.69) is 15.6 Å². The molecule has 138 valence electrons. The normalized spacial score (nSPS) is 19.2. The standard InChI is InChI=1S/C16H23FN4O4/c1-2-21(10-14(22)23)12-8-11(9-12)20-16(24)19-6-7-25-15-13(17)4-3-5-18-15/h3-5,11-12H,2,6-10H2,1H3,(H,22,23)(H2,19,20,24). The van der Waals surface area contributed by atoms with Crippen LogP contribution in [0.1, 0.15) is 19.8 Å². The number of aromatic nitrogens is 1. The van der Waals surface area contributed by atoms with Crippen molar-refractivity contribution in [2.24, 2.45) is 0 Å². The van der Waals surface area contributed by atoms with Crippen molar-refractivity contribution in [3.05, 3.63) is 24.1 Å².